The maximum absolute atomic E-state index is 12.7. The average Bonchev–Trinajstić information content (AvgIpc) is 2.63. The van der Waals surface area contributed by atoms with E-state index in [1.165, 1.54) is 0 Å². The molecule has 0 aromatic heterocycles. The highest BCUT2D eigenvalue weighted by atomic mass is 32.2. The zero-order valence-corrected chi connectivity index (χ0v) is 16.8. The third kappa shape index (κ3) is 6.70. The Morgan fingerprint density at radius 1 is 1.21 bits per heavy atom. The molecular formula is C18H23F3N2O5S. The number of likely N-dealkylation sites (tertiary alicyclic amines) is 1. The number of carbonyl (C=O) groups is 2. The first-order valence-electron chi connectivity index (χ1n) is 8.99. The summed E-state index contributed by atoms with van der Waals surface area (Å²) in [5.74, 6) is -0.722. The van der Waals surface area contributed by atoms with Gasteiger partial charge in [-0.2, -0.15) is 17.9 Å². The van der Waals surface area contributed by atoms with Crippen LogP contribution >= 0.6 is 0 Å². The number of amides is 1. The molecule has 2 atom stereocenters. The topological polar surface area (TPSA) is 92.8 Å². The Morgan fingerprint density at radius 2 is 1.83 bits per heavy atom. The van der Waals surface area contributed by atoms with Gasteiger partial charge in [0, 0.05) is 13.1 Å². The van der Waals surface area contributed by atoms with Gasteiger partial charge < -0.3 is 9.64 Å². The first-order chi connectivity index (χ1) is 13.4. The number of benzene rings is 1. The molecule has 1 saturated heterocycles. The smallest absolute Gasteiger partial charge is 0.416 e. The lowest BCUT2D eigenvalue weighted by molar-refractivity contribution is -0.152. The number of esters is 1. The Hall–Kier alpha value is -2.14. The summed E-state index contributed by atoms with van der Waals surface area (Å²) in [6.45, 7) is 3.82. The maximum Gasteiger partial charge on any atom is 0.416 e. The van der Waals surface area contributed by atoms with E-state index < -0.39 is 45.8 Å². The number of alkyl halides is 3. The number of nitrogens with one attached hydrogen (secondary N) is 1. The number of ether oxygens (including phenoxy) is 1. The van der Waals surface area contributed by atoms with Crippen molar-refractivity contribution in [2.45, 2.75) is 31.3 Å². The van der Waals surface area contributed by atoms with Crippen molar-refractivity contribution in [2.24, 2.45) is 11.8 Å². The number of hydrogen-bond donors (Lipinski definition) is 1. The number of carbonyl (C=O) groups excluding carboxylic acids is 2. The molecule has 0 spiro atoms. The molecule has 1 aliphatic heterocycles. The van der Waals surface area contributed by atoms with Gasteiger partial charge in [-0.15, -0.1) is 0 Å². The third-order valence-corrected chi connectivity index (χ3v) is 5.86. The number of hydrogen-bond acceptors (Lipinski definition) is 5. The van der Waals surface area contributed by atoms with Gasteiger partial charge in [0.1, 0.15) is 6.54 Å². The lowest BCUT2D eigenvalue weighted by Gasteiger charge is -2.34. The molecule has 1 fully saturated rings. The van der Waals surface area contributed by atoms with Crippen LogP contribution in [-0.2, 0) is 30.5 Å². The highest BCUT2D eigenvalue weighted by molar-refractivity contribution is 7.89. The summed E-state index contributed by atoms with van der Waals surface area (Å²) >= 11 is 0. The minimum Gasteiger partial charge on any atom is -0.455 e. The van der Waals surface area contributed by atoms with Crippen LogP contribution in [0.2, 0.25) is 0 Å². The minimum atomic E-state index is -4.70. The summed E-state index contributed by atoms with van der Waals surface area (Å²) in [6.07, 6.45) is -3.70. The van der Waals surface area contributed by atoms with Gasteiger partial charge in [0.2, 0.25) is 10.0 Å². The minimum absolute atomic E-state index is 0.331. The zero-order chi connectivity index (χ0) is 21.8. The molecule has 0 bridgehead atoms. The zero-order valence-electron chi connectivity index (χ0n) is 16.0. The maximum atomic E-state index is 12.7. The molecule has 0 radical (unpaired) electrons. The molecule has 1 heterocycles. The molecule has 1 aliphatic rings. The second-order valence-electron chi connectivity index (χ2n) is 7.26. The van der Waals surface area contributed by atoms with Crippen LogP contribution in [-0.4, -0.2) is 51.4 Å². The average molecular weight is 436 g/mol. The lowest BCUT2D eigenvalue weighted by Crippen LogP contribution is -2.44. The fourth-order valence-corrected chi connectivity index (χ4v) is 4.24. The molecule has 1 N–H and O–H groups in total. The van der Waals surface area contributed by atoms with E-state index in [1.54, 1.807) is 4.90 Å². The van der Waals surface area contributed by atoms with Crippen LogP contribution in [0.25, 0.3) is 0 Å². The molecular weight excluding hydrogens is 413 g/mol. The van der Waals surface area contributed by atoms with Crippen molar-refractivity contribution in [3.63, 3.8) is 0 Å². The van der Waals surface area contributed by atoms with Crippen LogP contribution in [0.3, 0.4) is 0 Å². The van der Waals surface area contributed by atoms with Gasteiger partial charge >= 0.3 is 12.1 Å². The fourth-order valence-electron chi connectivity index (χ4n) is 3.23. The molecule has 1 aromatic carbocycles. The van der Waals surface area contributed by atoms with Gasteiger partial charge in [-0.25, -0.2) is 8.42 Å². The monoisotopic (exact) mass is 436 g/mol. The second-order valence-corrected chi connectivity index (χ2v) is 9.02. The fraction of sp³-hybridized carbons (Fsp3) is 0.556. The largest absolute Gasteiger partial charge is 0.455 e. The van der Waals surface area contributed by atoms with E-state index in [4.69, 9.17) is 4.74 Å². The van der Waals surface area contributed by atoms with Gasteiger partial charge in [-0.05, 0) is 36.5 Å². The third-order valence-electron chi connectivity index (χ3n) is 4.46. The summed E-state index contributed by atoms with van der Waals surface area (Å²) in [4.78, 5) is 24.9. The molecule has 1 aromatic rings. The quantitative estimate of drug-likeness (QED) is 0.689. The van der Waals surface area contributed by atoms with Crippen LogP contribution in [0.1, 0.15) is 25.8 Å². The van der Waals surface area contributed by atoms with E-state index >= 15 is 0 Å². The molecule has 11 heteroatoms. The van der Waals surface area contributed by atoms with E-state index in [0.717, 1.165) is 24.6 Å². The van der Waals surface area contributed by atoms with E-state index in [9.17, 15) is 31.2 Å². The van der Waals surface area contributed by atoms with Gasteiger partial charge in [0.25, 0.3) is 5.91 Å². The molecule has 162 valence electrons. The van der Waals surface area contributed by atoms with Gasteiger partial charge in [0.15, 0.2) is 6.61 Å². The number of sulfonamides is 1. The van der Waals surface area contributed by atoms with Gasteiger partial charge in [0.05, 0.1) is 10.5 Å². The van der Waals surface area contributed by atoms with Crippen LogP contribution in [0.15, 0.2) is 29.2 Å². The van der Waals surface area contributed by atoms with Crippen LogP contribution in [0, 0.1) is 11.8 Å². The predicted octanol–water partition coefficient (Wildman–Crippen LogP) is 2.03. The van der Waals surface area contributed by atoms with Crippen LogP contribution in [0.5, 0.6) is 0 Å². The molecule has 0 aliphatic carbocycles. The lowest BCUT2D eigenvalue weighted by atomic mass is 9.92. The van der Waals surface area contributed by atoms with Crippen LogP contribution in [0.4, 0.5) is 13.2 Å². The number of rotatable bonds is 6. The molecule has 0 saturated carbocycles. The summed E-state index contributed by atoms with van der Waals surface area (Å²) in [5, 5.41) is 0. The highest BCUT2D eigenvalue weighted by Gasteiger charge is 2.32. The van der Waals surface area contributed by atoms with Crippen LogP contribution < -0.4 is 4.72 Å². The van der Waals surface area contributed by atoms with E-state index in [0.29, 0.717) is 31.0 Å². The second kappa shape index (κ2) is 9.12. The van der Waals surface area contributed by atoms with Crippen molar-refractivity contribution >= 4 is 21.9 Å². The summed E-state index contributed by atoms with van der Waals surface area (Å²) in [7, 11) is -4.36. The summed E-state index contributed by atoms with van der Waals surface area (Å²) < 4.78 is 69.1. The Labute approximate surface area is 167 Å². The first-order valence-corrected chi connectivity index (χ1v) is 10.5. The number of nitrogens with zero attached hydrogens (tertiary/aromatic N) is 1. The Bertz CT molecular complexity index is 847. The SMILES string of the molecule is CC1CC(C)CN(C(=O)COC(=O)CNS(=O)(=O)c2cccc(C(F)(F)F)c2)C1. The van der Waals surface area contributed by atoms with Gasteiger partial charge in [-0.3, -0.25) is 9.59 Å². The molecule has 1 amide bonds. The Kier molecular flexibility index (Phi) is 7.28. The van der Waals surface area contributed by atoms with Crippen molar-refractivity contribution in [1.82, 2.24) is 9.62 Å². The molecule has 7 nitrogen and oxygen atoms in total. The number of piperidine rings is 1. The van der Waals surface area contributed by atoms with Crippen molar-refractivity contribution in [3.05, 3.63) is 29.8 Å². The first kappa shape index (κ1) is 23.1. The van der Waals surface area contributed by atoms with Gasteiger partial charge in [-0.1, -0.05) is 19.9 Å². The molecule has 29 heavy (non-hydrogen) atoms. The highest BCUT2D eigenvalue weighted by Crippen LogP contribution is 2.30. The van der Waals surface area contributed by atoms with E-state index in [2.05, 4.69) is 0 Å². The normalized spacial score (nSPS) is 20.4. The van der Waals surface area contributed by atoms with Crippen molar-refractivity contribution in [2.75, 3.05) is 26.2 Å². The summed E-state index contributed by atoms with van der Waals surface area (Å²) in [5.41, 5.74) is -1.13. The van der Waals surface area contributed by atoms with E-state index in [1.807, 2.05) is 18.6 Å². The number of halogens is 3. The van der Waals surface area contributed by atoms with Crippen molar-refractivity contribution < 1.29 is 35.9 Å². The van der Waals surface area contributed by atoms with E-state index in [-0.39, 0.29) is 5.91 Å². The molecule has 2 rings (SSSR count). The van der Waals surface area contributed by atoms with Crippen molar-refractivity contribution in [3.8, 4) is 0 Å². The standard InChI is InChI=1S/C18H23F3N2O5S/c1-12-6-13(2)10-23(9-12)16(24)11-28-17(25)8-22-29(26,27)15-5-3-4-14(7-15)18(19,20)21/h3-5,7,12-13,22H,6,8-11H2,1-2H3. The molecule has 2 unspecified atom stereocenters. The summed E-state index contributed by atoms with van der Waals surface area (Å²) in [6, 6.07) is 3.14. The van der Waals surface area contributed by atoms with Crippen molar-refractivity contribution in [1.29, 1.82) is 0 Å². The Balaban J connectivity index is 1.87. The Morgan fingerprint density at radius 3 is 2.41 bits per heavy atom. The predicted molar refractivity (Wildman–Crippen MR) is 97.1 cm³/mol.